The molecule has 0 spiro atoms. The van der Waals surface area contributed by atoms with Gasteiger partial charge in [0.1, 0.15) is 5.82 Å². The summed E-state index contributed by atoms with van der Waals surface area (Å²) in [4.78, 5) is 12.2. The highest BCUT2D eigenvalue weighted by molar-refractivity contribution is 7.92. The lowest BCUT2D eigenvalue weighted by Gasteiger charge is -2.10. The number of sulfonamides is 1. The van der Waals surface area contributed by atoms with Gasteiger partial charge in [-0.15, -0.1) is 0 Å². The topological polar surface area (TPSA) is 84.5 Å². The Morgan fingerprint density at radius 1 is 1.03 bits per heavy atom. The third-order valence-corrected chi connectivity index (χ3v) is 6.02. The van der Waals surface area contributed by atoms with Crippen LogP contribution in [0.1, 0.15) is 21.5 Å². The summed E-state index contributed by atoms with van der Waals surface area (Å²) < 4.78 is 45.6. The second kappa shape index (κ2) is 9.91. The van der Waals surface area contributed by atoms with Gasteiger partial charge in [-0.1, -0.05) is 35.9 Å². The molecule has 3 aromatic rings. The number of methoxy groups -OCH3 is 1. The van der Waals surface area contributed by atoms with E-state index in [-0.39, 0.29) is 21.5 Å². The van der Waals surface area contributed by atoms with Crippen LogP contribution in [0.4, 0.5) is 10.1 Å². The van der Waals surface area contributed by atoms with Gasteiger partial charge in [-0.3, -0.25) is 9.52 Å². The van der Waals surface area contributed by atoms with E-state index in [2.05, 4.69) is 10.0 Å². The minimum Gasteiger partial charge on any atom is -0.380 e. The number of benzene rings is 3. The zero-order valence-corrected chi connectivity index (χ0v) is 18.1. The van der Waals surface area contributed by atoms with Gasteiger partial charge >= 0.3 is 0 Å². The third kappa shape index (κ3) is 6.04. The van der Waals surface area contributed by atoms with E-state index in [4.69, 9.17) is 16.3 Å². The number of hydrogen-bond donors (Lipinski definition) is 2. The summed E-state index contributed by atoms with van der Waals surface area (Å²) in [5, 5.41) is 2.53. The Hall–Kier alpha value is -2.94. The molecule has 0 aromatic heterocycles. The van der Waals surface area contributed by atoms with Gasteiger partial charge in [0.2, 0.25) is 0 Å². The molecule has 3 rings (SSSR count). The first kappa shape index (κ1) is 22.7. The lowest BCUT2D eigenvalue weighted by atomic mass is 10.1. The van der Waals surface area contributed by atoms with Crippen molar-refractivity contribution in [3.63, 3.8) is 0 Å². The SMILES string of the molecule is COCc1cccc(CNC(=O)c2ccc(NS(=O)(=O)c3ccc(F)c(Cl)c3)cc2)c1. The number of amides is 1. The normalized spacial score (nSPS) is 11.2. The quantitative estimate of drug-likeness (QED) is 0.521. The molecule has 0 heterocycles. The van der Waals surface area contributed by atoms with Crippen molar-refractivity contribution in [1.29, 1.82) is 0 Å². The zero-order chi connectivity index (χ0) is 22.4. The second-order valence-electron chi connectivity index (χ2n) is 6.69. The highest BCUT2D eigenvalue weighted by atomic mass is 35.5. The minimum absolute atomic E-state index is 0.170. The zero-order valence-electron chi connectivity index (χ0n) is 16.6. The number of ether oxygens (including phenoxy) is 1. The molecule has 31 heavy (non-hydrogen) atoms. The smallest absolute Gasteiger partial charge is 0.261 e. The molecule has 0 saturated carbocycles. The largest absolute Gasteiger partial charge is 0.380 e. The van der Waals surface area contributed by atoms with Crippen molar-refractivity contribution >= 4 is 33.2 Å². The first-order chi connectivity index (χ1) is 14.8. The molecule has 0 aliphatic heterocycles. The minimum atomic E-state index is -3.95. The Morgan fingerprint density at radius 2 is 1.74 bits per heavy atom. The van der Waals surface area contributed by atoms with E-state index in [1.54, 1.807) is 7.11 Å². The Morgan fingerprint density at radius 3 is 2.42 bits per heavy atom. The third-order valence-electron chi connectivity index (χ3n) is 4.36. The van der Waals surface area contributed by atoms with Crippen molar-refractivity contribution in [1.82, 2.24) is 5.32 Å². The van der Waals surface area contributed by atoms with Gasteiger partial charge in [0, 0.05) is 24.9 Å². The summed E-state index contributed by atoms with van der Waals surface area (Å²) in [5.74, 6) is -1.00. The molecule has 0 atom stereocenters. The maximum atomic E-state index is 13.3. The van der Waals surface area contributed by atoms with Gasteiger partial charge in [-0.25, -0.2) is 12.8 Å². The maximum Gasteiger partial charge on any atom is 0.261 e. The van der Waals surface area contributed by atoms with E-state index < -0.39 is 15.8 Å². The average Bonchev–Trinajstić information content (AvgIpc) is 2.74. The number of halogens is 2. The molecule has 0 saturated heterocycles. The molecule has 0 unspecified atom stereocenters. The van der Waals surface area contributed by atoms with E-state index in [9.17, 15) is 17.6 Å². The van der Waals surface area contributed by atoms with Crippen LogP contribution in [0.3, 0.4) is 0 Å². The van der Waals surface area contributed by atoms with Crippen LogP contribution in [0, 0.1) is 5.82 Å². The Bertz CT molecular complexity index is 1180. The summed E-state index contributed by atoms with van der Waals surface area (Å²) in [5.41, 5.74) is 2.57. The molecule has 2 N–H and O–H groups in total. The van der Waals surface area contributed by atoms with Crippen molar-refractivity contribution in [3.8, 4) is 0 Å². The monoisotopic (exact) mass is 462 g/mol. The summed E-state index contributed by atoms with van der Waals surface area (Å²) in [6.45, 7) is 0.833. The number of carbonyl (C=O) groups is 1. The lowest BCUT2D eigenvalue weighted by molar-refractivity contribution is 0.0951. The van der Waals surface area contributed by atoms with Gasteiger partial charge < -0.3 is 10.1 Å². The van der Waals surface area contributed by atoms with Gasteiger partial charge in [0.25, 0.3) is 15.9 Å². The summed E-state index contributed by atoms with van der Waals surface area (Å²) in [7, 11) is -2.33. The fourth-order valence-electron chi connectivity index (χ4n) is 2.83. The highest BCUT2D eigenvalue weighted by Crippen LogP contribution is 2.22. The number of hydrogen-bond acceptors (Lipinski definition) is 4. The van der Waals surface area contributed by atoms with E-state index in [0.29, 0.717) is 18.7 Å². The molecule has 6 nitrogen and oxygen atoms in total. The molecule has 0 aliphatic rings. The van der Waals surface area contributed by atoms with Crippen LogP contribution in [0.2, 0.25) is 5.02 Å². The predicted molar refractivity (Wildman–Crippen MR) is 117 cm³/mol. The Kier molecular flexibility index (Phi) is 7.27. The average molecular weight is 463 g/mol. The van der Waals surface area contributed by atoms with E-state index in [1.807, 2.05) is 24.3 Å². The second-order valence-corrected chi connectivity index (χ2v) is 8.78. The Balaban J connectivity index is 1.63. The van der Waals surface area contributed by atoms with E-state index in [0.717, 1.165) is 29.3 Å². The van der Waals surface area contributed by atoms with Crippen LogP contribution in [0.25, 0.3) is 0 Å². The highest BCUT2D eigenvalue weighted by Gasteiger charge is 2.16. The molecule has 1 amide bonds. The molecule has 0 bridgehead atoms. The van der Waals surface area contributed by atoms with Crippen LogP contribution >= 0.6 is 11.6 Å². The van der Waals surface area contributed by atoms with Crippen LogP contribution in [-0.2, 0) is 27.9 Å². The molecular weight excluding hydrogens is 443 g/mol. The van der Waals surface area contributed by atoms with Crippen molar-refractivity contribution in [2.75, 3.05) is 11.8 Å². The van der Waals surface area contributed by atoms with E-state index >= 15 is 0 Å². The molecule has 0 aliphatic carbocycles. The molecule has 0 radical (unpaired) electrons. The Labute approximate surface area is 185 Å². The summed E-state index contributed by atoms with van der Waals surface area (Å²) >= 11 is 5.66. The van der Waals surface area contributed by atoms with Crippen molar-refractivity contribution in [2.45, 2.75) is 18.0 Å². The van der Waals surface area contributed by atoms with Gasteiger partial charge in [0.05, 0.1) is 16.5 Å². The maximum absolute atomic E-state index is 13.3. The van der Waals surface area contributed by atoms with E-state index in [1.165, 1.54) is 24.3 Å². The van der Waals surface area contributed by atoms with Gasteiger partial charge in [0.15, 0.2) is 0 Å². The van der Waals surface area contributed by atoms with Gasteiger partial charge in [-0.05, 0) is 53.6 Å². The van der Waals surface area contributed by atoms with Crippen molar-refractivity contribution < 1.29 is 22.3 Å². The fraction of sp³-hybridized carbons (Fsp3) is 0.136. The standard InChI is InChI=1S/C22H20ClFN2O4S/c1-30-14-16-4-2-3-15(11-16)13-25-22(27)17-5-7-18(8-6-17)26-31(28,29)19-9-10-21(24)20(23)12-19/h2-12,26H,13-14H2,1H3,(H,25,27). The first-order valence-corrected chi connectivity index (χ1v) is 11.1. The molecule has 162 valence electrons. The molecular formula is C22H20ClFN2O4S. The van der Waals surface area contributed by atoms with Crippen LogP contribution < -0.4 is 10.0 Å². The van der Waals surface area contributed by atoms with Crippen molar-refractivity contribution in [3.05, 3.63) is 94.3 Å². The number of anilines is 1. The number of rotatable bonds is 8. The number of nitrogens with one attached hydrogen (secondary N) is 2. The first-order valence-electron chi connectivity index (χ1n) is 9.21. The van der Waals surface area contributed by atoms with Crippen LogP contribution in [-0.4, -0.2) is 21.4 Å². The van der Waals surface area contributed by atoms with Crippen molar-refractivity contribution in [2.24, 2.45) is 0 Å². The van der Waals surface area contributed by atoms with Gasteiger partial charge in [-0.2, -0.15) is 0 Å². The van der Waals surface area contributed by atoms with Crippen LogP contribution in [0.5, 0.6) is 0 Å². The fourth-order valence-corrected chi connectivity index (χ4v) is 4.16. The molecule has 9 heteroatoms. The predicted octanol–water partition coefficient (Wildman–Crippen LogP) is 4.36. The van der Waals surface area contributed by atoms with Crippen LogP contribution in [0.15, 0.2) is 71.6 Å². The lowest BCUT2D eigenvalue weighted by Crippen LogP contribution is -2.22. The summed E-state index contributed by atoms with van der Waals surface area (Å²) in [6, 6.07) is 16.8. The number of carbonyl (C=O) groups excluding carboxylic acids is 1. The molecule has 3 aromatic carbocycles. The molecule has 0 fully saturated rings. The summed E-state index contributed by atoms with van der Waals surface area (Å²) in [6.07, 6.45) is 0.